The van der Waals surface area contributed by atoms with Crippen LogP contribution in [0.25, 0.3) is 0 Å². The van der Waals surface area contributed by atoms with E-state index in [0.29, 0.717) is 11.3 Å². The van der Waals surface area contributed by atoms with Crippen LogP contribution >= 0.6 is 0 Å². The van der Waals surface area contributed by atoms with Crippen LogP contribution in [0.4, 0.5) is 0 Å². The number of hydrogen-bond acceptors (Lipinski definition) is 1. The predicted octanol–water partition coefficient (Wildman–Crippen LogP) is 3.36. The van der Waals surface area contributed by atoms with Gasteiger partial charge in [0.25, 0.3) is 0 Å². The minimum Gasteiger partial charge on any atom is -0.393 e. The summed E-state index contributed by atoms with van der Waals surface area (Å²) in [6.45, 7) is 6.83. The van der Waals surface area contributed by atoms with Crippen LogP contribution in [-0.2, 0) is 0 Å². The van der Waals surface area contributed by atoms with Gasteiger partial charge in [-0.05, 0) is 43.4 Å². The first-order valence-electron chi connectivity index (χ1n) is 5.73. The van der Waals surface area contributed by atoms with E-state index in [0.717, 1.165) is 12.8 Å². The Kier molecular flexibility index (Phi) is 3.78. The van der Waals surface area contributed by atoms with Gasteiger partial charge in [0.15, 0.2) is 0 Å². The van der Waals surface area contributed by atoms with Crippen molar-refractivity contribution in [2.24, 2.45) is 11.3 Å². The van der Waals surface area contributed by atoms with Crippen LogP contribution in [0.5, 0.6) is 0 Å². The molecule has 1 atom stereocenters. The minimum atomic E-state index is -0.0268. The molecule has 0 aliphatic heterocycles. The van der Waals surface area contributed by atoms with Gasteiger partial charge in [-0.25, -0.2) is 0 Å². The van der Waals surface area contributed by atoms with Gasteiger partial charge in [0, 0.05) is 0 Å². The summed E-state index contributed by atoms with van der Waals surface area (Å²) in [5.74, 6) is 0.591. The molecule has 13 heavy (non-hydrogen) atoms. The molecule has 0 unspecified atom stereocenters. The Morgan fingerprint density at radius 2 is 1.85 bits per heavy atom. The molecule has 0 spiro atoms. The lowest BCUT2D eigenvalue weighted by Crippen LogP contribution is -2.28. The lowest BCUT2D eigenvalue weighted by Gasteiger charge is -2.36. The zero-order chi connectivity index (χ0) is 9.90. The van der Waals surface area contributed by atoms with Crippen molar-refractivity contribution < 1.29 is 5.11 Å². The molecule has 0 aromatic rings. The van der Waals surface area contributed by atoms with Gasteiger partial charge in [-0.3, -0.25) is 0 Å². The molecule has 0 bridgehead atoms. The molecule has 0 aromatic heterocycles. The van der Waals surface area contributed by atoms with Crippen molar-refractivity contribution in [3.05, 3.63) is 0 Å². The van der Waals surface area contributed by atoms with E-state index < -0.39 is 0 Å². The minimum absolute atomic E-state index is 0.0268. The normalized spacial score (nSPS) is 25.8. The fraction of sp³-hybridized carbons (Fsp3) is 1.00. The van der Waals surface area contributed by atoms with Crippen LogP contribution in [0, 0.1) is 11.3 Å². The fourth-order valence-corrected chi connectivity index (χ4v) is 2.34. The highest BCUT2D eigenvalue weighted by Gasteiger charge is 2.29. The summed E-state index contributed by atoms with van der Waals surface area (Å²) in [5.41, 5.74) is 0.530. The smallest absolute Gasteiger partial charge is 0.0568 e. The lowest BCUT2D eigenvalue weighted by molar-refractivity contribution is 0.0511. The Bertz CT molecular complexity index is 141. The third-order valence-corrected chi connectivity index (χ3v) is 3.51. The van der Waals surface area contributed by atoms with E-state index in [1.807, 2.05) is 0 Å². The Hall–Kier alpha value is -0.0400. The van der Waals surface area contributed by atoms with Gasteiger partial charge in [-0.2, -0.15) is 0 Å². The summed E-state index contributed by atoms with van der Waals surface area (Å²) in [6.07, 6.45) is 7.12. The van der Waals surface area contributed by atoms with Crippen molar-refractivity contribution in [3.63, 3.8) is 0 Å². The average molecular weight is 184 g/mol. The number of rotatable bonds is 3. The summed E-state index contributed by atoms with van der Waals surface area (Å²) in [4.78, 5) is 0. The van der Waals surface area contributed by atoms with Gasteiger partial charge in [0.2, 0.25) is 0 Å². The van der Waals surface area contributed by atoms with Crippen molar-refractivity contribution in [2.45, 2.75) is 65.4 Å². The van der Waals surface area contributed by atoms with Gasteiger partial charge in [-0.15, -0.1) is 0 Å². The standard InChI is InChI=1S/C12H24O/c1-4-5-11(13)10-6-8-12(2,3)9-7-10/h10-11,13H,4-9H2,1-3H3/t11-/m1/s1. The third kappa shape index (κ3) is 3.30. The van der Waals surface area contributed by atoms with Gasteiger partial charge in [-0.1, -0.05) is 27.2 Å². The van der Waals surface area contributed by atoms with Crippen LogP contribution < -0.4 is 0 Å². The highest BCUT2D eigenvalue weighted by molar-refractivity contribution is 4.81. The lowest BCUT2D eigenvalue weighted by atomic mass is 9.71. The summed E-state index contributed by atoms with van der Waals surface area (Å²) >= 11 is 0. The second kappa shape index (κ2) is 4.45. The Labute approximate surface area is 82.5 Å². The molecule has 0 radical (unpaired) electrons. The number of aliphatic hydroxyl groups is 1. The fourth-order valence-electron chi connectivity index (χ4n) is 2.34. The molecule has 1 aliphatic rings. The molecule has 0 saturated heterocycles. The SMILES string of the molecule is CCC[C@@H](O)C1CCC(C)(C)CC1. The first-order chi connectivity index (χ1) is 6.05. The van der Waals surface area contributed by atoms with Gasteiger partial charge in [0.1, 0.15) is 0 Å². The summed E-state index contributed by atoms with van der Waals surface area (Å²) in [6, 6.07) is 0. The van der Waals surface area contributed by atoms with Crippen LogP contribution in [0.15, 0.2) is 0 Å². The highest BCUT2D eigenvalue weighted by Crippen LogP contribution is 2.39. The van der Waals surface area contributed by atoms with E-state index in [2.05, 4.69) is 20.8 Å². The van der Waals surface area contributed by atoms with Crippen LogP contribution in [0.2, 0.25) is 0 Å². The molecule has 0 heterocycles. The first-order valence-corrected chi connectivity index (χ1v) is 5.73. The predicted molar refractivity (Wildman–Crippen MR) is 56.7 cm³/mol. The van der Waals surface area contributed by atoms with Crippen molar-refractivity contribution in [3.8, 4) is 0 Å². The summed E-state index contributed by atoms with van der Waals surface area (Å²) < 4.78 is 0. The quantitative estimate of drug-likeness (QED) is 0.713. The molecule has 1 heteroatoms. The van der Waals surface area contributed by atoms with Crippen molar-refractivity contribution in [1.29, 1.82) is 0 Å². The van der Waals surface area contributed by atoms with Crippen LogP contribution in [0.1, 0.15) is 59.3 Å². The largest absolute Gasteiger partial charge is 0.393 e. The van der Waals surface area contributed by atoms with Crippen molar-refractivity contribution in [2.75, 3.05) is 0 Å². The van der Waals surface area contributed by atoms with Gasteiger partial charge in [0.05, 0.1) is 6.10 Å². The van der Waals surface area contributed by atoms with E-state index >= 15 is 0 Å². The Morgan fingerprint density at radius 1 is 1.31 bits per heavy atom. The highest BCUT2D eigenvalue weighted by atomic mass is 16.3. The topological polar surface area (TPSA) is 20.2 Å². The van der Waals surface area contributed by atoms with Gasteiger partial charge >= 0.3 is 0 Å². The second-order valence-electron chi connectivity index (χ2n) is 5.36. The molecule has 1 N–H and O–H groups in total. The summed E-state index contributed by atoms with van der Waals surface area (Å²) in [5, 5.41) is 9.84. The molecule has 1 fully saturated rings. The van der Waals surface area contributed by atoms with Gasteiger partial charge < -0.3 is 5.11 Å². The number of hydrogen-bond donors (Lipinski definition) is 1. The Balaban J connectivity index is 2.32. The van der Waals surface area contributed by atoms with E-state index in [4.69, 9.17) is 0 Å². The summed E-state index contributed by atoms with van der Waals surface area (Å²) in [7, 11) is 0. The second-order valence-corrected chi connectivity index (χ2v) is 5.36. The molecule has 1 saturated carbocycles. The zero-order valence-corrected chi connectivity index (χ0v) is 9.34. The molecular weight excluding hydrogens is 160 g/mol. The van der Waals surface area contributed by atoms with E-state index in [1.165, 1.54) is 25.7 Å². The molecule has 1 nitrogen and oxygen atoms in total. The number of aliphatic hydroxyl groups excluding tert-OH is 1. The zero-order valence-electron chi connectivity index (χ0n) is 9.34. The molecule has 1 rings (SSSR count). The first kappa shape index (κ1) is 11.0. The van der Waals surface area contributed by atoms with E-state index in [1.54, 1.807) is 0 Å². The maximum atomic E-state index is 9.84. The van der Waals surface area contributed by atoms with E-state index in [-0.39, 0.29) is 6.10 Å². The maximum absolute atomic E-state index is 9.84. The molecule has 1 aliphatic carbocycles. The molecule has 0 aromatic carbocycles. The van der Waals surface area contributed by atoms with Crippen LogP contribution in [0.3, 0.4) is 0 Å². The van der Waals surface area contributed by atoms with Crippen LogP contribution in [-0.4, -0.2) is 11.2 Å². The molecular formula is C12H24O. The van der Waals surface area contributed by atoms with E-state index in [9.17, 15) is 5.11 Å². The maximum Gasteiger partial charge on any atom is 0.0568 e. The molecule has 78 valence electrons. The average Bonchev–Trinajstić information content (AvgIpc) is 2.04. The van der Waals surface area contributed by atoms with Crippen molar-refractivity contribution in [1.82, 2.24) is 0 Å². The monoisotopic (exact) mass is 184 g/mol. The molecule has 0 amide bonds. The third-order valence-electron chi connectivity index (χ3n) is 3.51. The van der Waals surface area contributed by atoms with Crippen molar-refractivity contribution >= 4 is 0 Å². The Morgan fingerprint density at radius 3 is 2.31 bits per heavy atom.